The van der Waals surface area contributed by atoms with Crippen LogP contribution in [0.3, 0.4) is 0 Å². The molecular weight excluding hydrogens is 256 g/mol. The first kappa shape index (κ1) is 14.0. The fourth-order valence-corrected chi connectivity index (χ4v) is 1.66. The topological polar surface area (TPSA) is 69.0 Å². The normalized spacial score (nSPS) is 11.2. The minimum Gasteiger partial charge on any atom is -0.444 e. The third kappa shape index (κ3) is 3.81. The van der Waals surface area contributed by atoms with Gasteiger partial charge < -0.3 is 4.74 Å². The summed E-state index contributed by atoms with van der Waals surface area (Å²) in [6.07, 6.45) is 1.33. The van der Waals surface area contributed by atoms with Crippen molar-refractivity contribution in [3.05, 3.63) is 30.5 Å². The van der Waals surface area contributed by atoms with Crippen LogP contribution in [0.15, 0.2) is 30.5 Å². The van der Waals surface area contributed by atoms with Crippen molar-refractivity contribution in [1.29, 1.82) is 0 Å². The van der Waals surface area contributed by atoms with Crippen molar-refractivity contribution in [3.63, 3.8) is 0 Å². The van der Waals surface area contributed by atoms with E-state index in [1.54, 1.807) is 17.8 Å². The number of aryl methyl sites for hydroxylation is 1. The molecule has 6 heteroatoms. The van der Waals surface area contributed by atoms with E-state index in [0.717, 1.165) is 11.3 Å². The third-order valence-electron chi connectivity index (χ3n) is 2.41. The van der Waals surface area contributed by atoms with E-state index in [4.69, 9.17) is 4.74 Å². The lowest BCUT2D eigenvalue weighted by Crippen LogP contribution is -2.27. The molecule has 20 heavy (non-hydrogen) atoms. The predicted molar refractivity (Wildman–Crippen MR) is 76.3 cm³/mol. The summed E-state index contributed by atoms with van der Waals surface area (Å²) in [6, 6.07) is 7.37. The number of benzene rings is 1. The summed E-state index contributed by atoms with van der Waals surface area (Å²) in [4.78, 5) is 11.7. The van der Waals surface area contributed by atoms with E-state index in [1.807, 2.05) is 45.2 Å². The molecule has 0 aliphatic carbocycles. The average molecular weight is 274 g/mol. The summed E-state index contributed by atoms with van der Waals surface area (Å²) in [5.41, 5.74) is 1.77. The van der Waals surface area contributed by atoms with Gasteiger partial charge in [0.05, 0.1) is 6.20 Å². The largest absolute Gasteiger partial charge is 0.444 e. The number of hydrogen-bond donors (Lipinski definition) is 1. The number of hydrogen-bond acceptors (Lipinski definition) is 4. The molecule has 106 valence electrons. The van der Waals surface area contributed by atoms with Gasteiger partial charge in [-0.1, -0.05) is 17.3 Å². The van der Waals surface area contributed by atoms with Crippen molar-refractivity contribution < 1.29 is 9.53 Å². The monoisotopic (exact) mass is 274 g/mol. The lowest BCUT2D eigenvalue weighted by molar-refractivity contribution is 0.0636. The maximum Gasteiger partial charge on any atom is 0.412 e. The van der Waals surface area contributed by atoms with E-state index in [1.165, 1.54) is 0 Å². The third-order valence-corrected chi connectivity index (χ3v) is 2.41. The molecule has 0 radical (unpaired) electrons. The van der Waals surface area contributed by atoms with Crippen LogP contribution in [0.25, 0.3) is 11.3 Å². The standard InChI is InChI=1S/C14H18N4O2/c1-14(2,3)20-13(19)15-11-7-5-6-10(8-11)12-9-18(4)17-16-12/h5-9H,1-4H3,(H,15,19). The molecule has 0 bridgehead atoms. The Bertz CT molecular complexity index is 614. The Balaban J connectivity index is 2.12. The lowest BCUT2D eigenvalue weighted by Gasteiger charge is -2.19. The first-order valence-electron chi connectivity index (χ1n) is 6.30. The van der Waals surface area contributed by atoms with Crippen LogP contribution in [0.4, 0.5) is 10.5 Å². The minimum absolute atomic E-state index is 0.478. The van der Waals surface area contributed by atoms with Gasteiger partial charge in [0.25, 0.3) is 0 Å². The van der Waals surface area contributed by atoms with Gasteiger partial charge in [-0.2, -0.15) is 0 Å². The molecule has 1 aromatic heterocycles. The maximum atomic E-state index is 11.7. The molecule has 0 fully saturated rings. The zero-order valence-electron chi connectivity index (χ0n) is 12.0. The van der Waals surface area contributed by atoms with Gasteiger partial charge in [0, 0.05) is 18.3 Å². The van der Waals surface area contributed by atoms with Crippen LogP contribution in [-0.2, 0) is 11.8 Å². The van der Waals surface area contributed by atoms with Gasteiger partial charge in [-0.15, -0.1) is 5.10 Å². The maximum absolute atomic E-state index is 11.7. The molecule has 2 aromatic rings. The SMILES string of the molecule is Cn1cc(-c2cccc(NC(=O)OC(C)(C)C)c2)nn1. The van der Waals surface area contributed by atoms with Gasteiger partial charge in [-0.25, -0.2) is 4.79 Å². The van der Waals surface area contributed by atoms with Gasteiger partial charge in [0.2, 0.25) is 0 Å². The molecule has 1 N–H and O–H groups in total. The number of carbonyl (C=O) groups excluding carboxylic acids is 1. The van der Waals surface area contributed by atoms with Crippen molar-refractivity contribution in [2.45, 2.75) is 26.4 Å². The molecule has 0 spiro atoms. The zero-order valence-corrected chi connectivity index (χ0v) is 12.0. The highest BCUT2D eigenvalue weighted by molar-refractivity contribution is 5.85. The fourth-order valence-electron chi connectivity index (χ4n) is 1.66. The molecule has 0 aliphatic rings. The van der Waals surface area contributed by atoms with Gasteiger partial charge in [0.1, 0.15) is 11.3 Å². The zero-order chi connectivity index (χ0) is 14.8. The number of ether oxygens (including phenoxy) is 1. The molecule has 2 rings (SSSR count). The quantitative estimate of drug-likeness (QED) is 0.914. The fraction of sp³-hybridized carbons (Fsp3) is 0.357. The summed E-state index contributed by atoms with van der Waals surface area (Å²) in [7, 11) is 1.80. The highest BCUT2D eigenvalue weighted by atomic mass is 16.6. The number of carbonyl (C=O) groups is 1. The number of aromatic nitrogens is 3. The Hall–Kier alpha value is -2.37. The van der Waals surface area contributed by atoms with Crippen LogP contribution in [0, 0.1) is 0 Å². The molecule has 0 atom stereocenters. The van der Waals surface area contributed by atoms with Crippen LogP contribution >= 0.6 is 0 Å². The summed E-state index contributed by atoms with van der Waals surface area (Å²) < 4.78 is 6.84. The van der Waals surface area contributed by atoms with Crippen molar-refractivity contribution in [2.75, 3.05) is 5.32 Å². The molecule has 0 saturated carbocycles. The van der Waals surface area contributed by atoms with Crippen molar-refractivity contribution >= 4 is 11.8 Å². The summed E-state index contributed by atoms with van der Waals surface area (Å²) in [6.45, 7) is 5.47. The molecule has 0 unspecified atom stereocenters. The van der Waals surface area contributed by atoms with Gasteiger partial charge in [-0.05, 0) is 32.9 Å². The van der Waals surface area contributed by atoms with E-state index in [0.29, 0.717) is 5.69 Å². The predicted octanol–water partition coefficient (Wildman–Crippen LogP) is 2.83. The molecular formula is C14H18N4O2. The second-order valence-electron chi connectivity index (χ2n) is 5.49. The van der Waals surface area contributed by atoms with Crippen LogP contribution in [0.1, 0.15) is 20.8 Å². The molecule has 0 saturated heterocycles. The van der Waals surface area contributed by atoms with Crippen molar-refractivity contribution in [1.82, 2.24) is 15.0 Å². The summed E-state index contributed by atoms with van der Waals surface area (Å²) in [5.74, 6) is 0. The van der Waals surface area contributed by atoms with Crippen LogP contribution in [-0.4, -0.2) is 26.7 Å². The number of nitrogens with one attached hydrogen (secondary N) is 1. The first-order valence-corrected chi connectivity index (χ1v) is 6.30. The van der Waals surface area contributed by atoms with E-state index in [9.17, 15) is 4.79 Å². The molecule has 1 aromatic carbocycles. The van der Waals surface area contributed by atoms with Crippen molar-refractivity contribution in [3.8, 4) is 11.3 Å². The van der Waals surface area contributed by atoms with E-state index < -0.39 is 11.7 Å². The highest BCUT2D eigenvalue weighted by Gasteiger charge is 2.16. The second-order valence-corrected chi connectivity index (χ2v) is 5.49. The molecule has 1 heterocycles. The summed E-state index contributed by atoms with van der Waals surface area (Å²) in [5, 5.41) is 10.6. The van der Waals surface area contributed by atoms with E-state index in [2.05, 4.69) is 15.6 Å². The smallest absolute Gasteiger partial charge is 0.412 e. The van der Waals surface area contributed by atoms with Crippen LogP contribution in [0.5, 0.6) is 0 Å². The Labute approximate surface area is 117 Å². The first-order chi connectivity index (χ1) is 9.33. The van der Waals surface area contributed by atoms with Crippen LogP contribution in [0.2, 0.25) is 0 Å². The van der Waals surface area contributed by atoms with Gasteiger partial charge >= 0.3 is 6.09 Å². The Morgan fingerprint density at radius 2 is 2.10 bits per heavy atom. The van der Waals surface area contributed by atoms with Crippen LogP contribution < -0.4 is 5.32 Å². The van der Waals surface area contributed by atoms with Crippen molar-refractivity contribution in [2.24, 2.45) is 7.05 Å². The second kappa shape index (κ2) is 5.32. The molecule has 6 nitrogen and oxygen atoms in total. The minimum atomic E-state index is -0.521. The number of nitrogens with zero attached hydrogens (tertiary/aromatic N) is 3. The summed E-state index contributed by atoms with van der Waals surface area (Å²) >= 11 is 0. The Kier molecular flexibility index (Phi) is 3.74. The lowest BCUT2D eigenvalue weighted by atomic mass is 10.1. The Morgan fingerprint density at radius 1 is 1.35 bits per heavy atom. The number of anilines is 1. The molecule has 0 aliphatic heterocycles. The van der Waals surface area contributed by atoms with E-state index >= 15 is 0 Å². The van der Waals surface area contributed by atoms with Gasteiger partial charge in [-0.3, -0.25) is 10.00 Å². The Morgan fingerprint density at radius 3 is 2.70 bits per heavy atom. The van der Waals surface area contributed by atoms with E-state index in [-0.39, 0.29) is 0 Å². The molecule has 1 amide bonds. The number of amides is 1. The number of rotatable bonds is 2. The highest BCUT2D eigenvalue weighted by Crippen LogP contribution is 2.20. The average Bonchev–Trinajstić information content (AvgIpc) is 2.73. The van der Waals surface area contributed by atoms with Gasteiger partial charge in [0.15, 0.2) is 0 Å².